The SMILES string of the molecule is Oc1[nH]c2nc(Cl)ccc2c1C=Nc1ccc2cn[nH]c2c1. The topological polar surface area (TPSA) is 89.9 Å². The molecule has 4 rings (SSSR count). The van der Waals surface area contributed by atoms with E-state index >= 15 is 0 Å². The minimum atomic E-state index is 0.0103. The summed E-state index contributed by atoms with van der Waals surface area (Å²) in [6.45, 7) is 0. The van der Waals surface area contributed by atoms with E-state index in [-0.39, 0.29) is 5.88 Å². The predicted octanol–water partition coefficient (Wildman–Crippen LogP) is 3.55. The molecule has 1 aromatic carbocycles. The second-order valence-electron chi connectivity index (χ2n) is 4.82. The molecular formula is C15H10ClN5O. The molecule has 0 amide bonds. The van der Waals surface area contributed by atoms with Gasteiger partial charge in [-0.15, -0.1) is 0 Å². The Kier molecular flexibility index (Phi) is 2.83. The third-order valence-electron chi connectivity index (χ3n) is 3.41. The van der Waals surface area contributed by atoms with E-state index in [2.05, 4.69) is 25.2 Å². The van der Waals surface area contributed by atoms with Crippen molar-refractivity contribution in [2.45, 2.75) is 0 Å². The Morgan fingerprint density at radius 3 is 3.05 bits per heavy atom. The lowest BCUT2D eigenvalue weighted by Gasteiger charge is -1.95. The number of rotatable bonds is 2. The Balaban J connectivity index is 1.77. The number of hydrogen-bond donors (Lipinski definition) is 3. The first-order valence-electron chi connectivity index (χ1n) is 6.55. The minimum Gasteiger partial charge on any atom is -0.494 e. The van der Waals surface area contributed by atoms with Gasteiger partial charge in [0.05, 0.1) is 23.0 Å². The number of nitrogens with one attached hydrogen (secondary N) is 2. The molecule has 22 heavy (non-hydrogen) atoms. The van der Waals surface area contributed by atoms with E-state index in [0.29, 0.717) is 16.4 Å². The van der Waals surface area contributed by atoms with Gasteiger partial charge in [-0.1, -0.05) is 11.6 Å². The van der Waals surface area contributed by atoms with Crippen molar-refractivity contribution >= 4 is 45.4 Å². The Morgan fingerprint density at radius 1 is 1.23 bits per heavy atom. The first-order valence-corrected chi connectivity index (χ1v) is 6.93. The number of halogens is 1. The normalized spacial score (nSPS) is 11.9. The molecule has 0 saturated carbocycles. The molecular weight excluding hydrogens is 302 g/mol. The van der Waals surface area contributed by atoms with E-state index in [9.17, 15) is 5.11 Å². The molecule has 0 saturated heterocycles. The number of fused-ring (bicyclic) bond motifs is 2. The van der Waals surface area contributed by atoms with Gasteiger partial charge in [-0.25, -0.2) is 4.98 Å². The van der Waals surface area contributed by atoms with Crippen molar-refractivity contribution in [3.05, 3.63) is 47.2 Å². The number of aromatic amines is 2. The van der Waals surface area contributed by atoms with Crippen molar-refractivity contribution in [2.24, 2.45) is 4.99 Å². The van der Waals surface area contributed by atoms with Crippen molar-refractivity contribution in [1.82, 2.24) is 20.2 Å². The van der Waals surface area contributed by atoms with Gasteiger partial charge < -0.3 is 10.1 Å². The molecule has 3 N–H and O–H groups in total. The van der Waals surface area contributed by atoms with Crippen LogP contribution < -0.4 is 0 Å². The number of pyridine rings is 1. The maximum atomic E-state index is 10.00. The highest BCUT2D eigenvalue weighted by molar-refractivity contribution is 6.29. The smallest absolute Gasteiger partial charge is 0.199 e. The lowest BCUT2D eigenvalue weighted by Crippen LogP contribution is -1.80. The van der Waals surface area contributed by atoms with Crippen LogP contribution in [0.1, 0.15) is 5.56 Å². The lowest BCUT2D eigenvalue weighted by molar-refractivity contribution is 0.457. The third-order valence-corrected chi connectivity index (χ3v) is 3.62. The van der Waals surface area contributed by atoms with E-state index in [1.54, 1.807) is 24.5 Å². The van der Waals surface area contributed by atoms with Gasteiger partial charge in [-0.3, -0.25) is 10.1 Å². The highest BCUT2D eigenvalue weighted by atomic mass is 35.5. The first kappa shape index (κ1) is 12.8. The van der Waals surface area contributed by atoms with Crippen LogP contribution in [0, 0.1) is 0 Å². The number of aliphatic imine (C=N–C) groups is 1. The van der Waals surface area contributed by atoms with E-state index < -0.39 is 0 Å². The summed E-state index contributed by atoms with van der Waals surface area (Å²) >= 11 is 5.84. The summed E-state index contributed by atoms with van der Waals surface area (Å²) in [5.41, 5.74) is 2.76. The molecule has 6 nitrogen and oxygen atoms in total. The van der Waals surface area contributed by atoms with E-state index in [1.165, 1.54) is 0 Å². The van der Waals surface area contributed by atoms with Crippen LogP contribution in [0.2, 0.25) is 5.15 Å². The van der Waals surface area contributed by atoms with Crippen LogP contribution in [0.25, 0.3) is 21.9 Å². The summed E-state index contributed by atoms with van der Waals surface area (Å²) in [5, 5.41) is 19.0. The fourth-order valence-corrected chi connectivity index (χ4v) is 2.48. The maximum Gasteiger partial charge on any atom is 0.199 e. The van der Waals surface area contributed by atoms with Crippen molar-refractivity contribution in [3.8, 4) is 5.88 Å². The average molecular weight is 312 g/mol. The molecule has 0 fully saturated rings. The minimum absolute atomic E-state index is 0.0103. The largest absolute Gasteiger partial charge is 0.494 e. The van der Waals surface area contributed by atoms with Crippen LogP contribution in [-0.2, 0) is 0 Å². The monoisotopic (exact) mass is 311 g/mol. The summed E-state index contributed by atoms with van der Waals surface area (Å²) in [6.07, 6.45) is 3.35. The molecule has 7 heteroatoms. The zero-order chi connectivity index (χ0) is 15.1. The molecule has 0 aliphatic rings. The Morgan fingerprint density at radius 2 is 2.14 bits per heavy atom. The standard InChI is InChI=1S/C15H10ClN5O/c16-13-4-3-10-11(15(22)20-14(10)19-13)7-17-9-2-1-8-6-18-21-12(8)5-9/h1-7,22H,(H,18,21)(H,19,20). The summed E-state index contributed by atoms with van der Waals surface area (Å²) in [6, 6.07) is 9.17. The maximum absolute atomic E-state index is 10.00. The summed E-state index contributed by atoms with van der Waals surface area (Å²) in [5.74, 6) is 0.0103. The van der Waals surface area contributed by atoms with Gasteiger partial charge in [0.25, 0.3) is 0 Å². The highest BCUT2D eigenvalue weighted by Gasteiger charge is 2.10. The van der Waals surface area contributed by atoms with E-state index in [4.69, 9.17) is 11.6 Å². The van der Waals surface area contributed by atoms with Crippen molar-refractivity contribution in [1.29, 1.82) is 0 Å². The Labute approximate surface area is 129 Å². The highest BCUT2D eigenvalue weighted by Crippen LogP contribution is 2.26. The molecule has 3 aromatic heterocycles. The van der Waals surface area contributed by atoms with Gasteiger partial charge in [0.2, 0.25) is 0 Å². The Hall–Kier alpha value is -2.86. The fraction of sp³-hybridized carbons (Fsp3) is 0. The zero-order valence-electron chi connectivity index (χ0n) is 11.2. The molecule has 0 radical (unpaired) electrons. The number of benzene rings is 1. The molecule has 0 spiro atoms. The van der Waals surface area contributed by atoms with Gasteiger partial charge in [-0.05, 0) is 30.3 Å². The fourth-order valence-electron chi connectivity index (χ4n) is 2.33. The van der Waals surface area contributed by atoms with Gasteiger partial charge in [0.1, 0.15) is 10.8 Å². The van der Waals surface area contributed by atoms with E-state index in [0.717, 1.165) is 22.0 Å². The van der Waals surface area contributed by atoms with Crippen LogP contribution >= 0.6 is 11.6 Å². The number of nitrogens with zero attached hydrogens (tertiary/aromatic N) is 3. The van der Waals surface area contributed by atoms with Crippen LogP contribution in [0.15, 0.2) is 41.5 Å². The van der Waals surface area contributed by atoms with Crippen molar-refractivity contribution in [2.75, 3.05) is 0 Å². The summed E-state index contributed by atoms with van der Waals surface area (Å²) in [7, 11) is 0. The predicted molar refractivity (Wildman–Crippen MR) is 86.1 cm³/mol. The van der Waals surface area contributed by atoms with Crippen LogP contribution in [-0.4, -0.2) is 31.5 Å². The molecule has 0 atom stereocenters. The number of aromatic hydroxyl groups is 1. The number of hydrogen-bond acceptors (Lipinski definition) is 4. The van der Waals surface area contributed by atoms with Crippen LogP contribution in [0.4, 0.5) is 5.69 Å². The quantitative estimate of drug-likeness (QED) is 0.390. The molecule has 0 bridgehead atoms. The lowest BCUT2D eigenvalue weighted by atomic mass is 10.2. The average Bonchev–Trinajstić information content (AvgIpc) is 3.07. The van der Waals surface area contributed by atoms with E-state index in [1.807, 2.05) is 18.2 Å². The van der Waals surface area contributed by atoms with Crippen molar-refractivity contribution in [3.63, 3.8) is 0 Å². The van der Waals surface area contributed by atoms with Crippen LogP contribution in [0.5, 0.6) is 5.88 Å². The number of aromatic nitrogens is 4. The molecule has 3 heterocycles. The molecule has 4 aromatic rings. The number of H-pyrrole nitrogens is 2. The van der Waals surface area contributed by atoms with Crippen molar-refractivity contribution < 1.29 is 5.11 Å². The molecule has 108 valence electrons. The van der Waals surface area contributed by atoms with Crippen LogP contribution in [0.3, 0.4) is 0 Å². The third kappa shape index (κ3) is 2.10. The van der Waals surface area contributed by atoms with Gasteiger partial charge in [0.15, 0.2) is 5.88 Å². The van der Waals surface area contributed by atoms with Gasteiger partial charge >= 0.3 is 0 Å². The zero-order valence-corrected chi connectivity index (χ0v) is 12.0. The Bertz CT molecular complexity index is 1020. The van der Waals surface area contributed by atoms with Gasteiger partial charge in [-0.2, -0.15) is 5.10 Å². The second-order valence-corrected chi connectivity index (χ2v) is 5.20. The molecule has 0 unspecified atom stereocenters. The second kappa shape index (κ2) is 4.85. The van der Waals surface area contributed by atoms with Gasteiger partial charge in [0, 0.05) is 17.0 Å². The first-order chi connectivity index (χ1) is 10.7. The summed E-state index contributed by atoms with van der Waals surface area (Å²) < 4.78 is 0. The summed E-state index contributed by atoms with van der Waals surface area (Å²) in [4.78, 5) is 11.3. The molecule has 0 aliphatic heterocycles. The molecule has 0 aliphatic carbocycles.